The minimum atomic E-state index is -1.14. The number of hydrogen-bond donors (Lipinski definition) is 0. The van der Waals surface area contributed by atoms with E-state index < -0.39 is 30.8 Å². The monoisotopic (exact) mass is 684 g/mol. The zero-order valence-corrected chi connectivity index (χ0v) is 26.3. The number of fused-ring (bicyclic) bond motifs is 1. The Morgan fingerprint density at radius 3 is 2.09 bits per heavy atom. The molecule has 3 aromatic rings. The summed E-state index contributed by atoms with van der Waals surface area (Å²) in [6.07, 6.45) is 11.2. The molecule has 178 valence electrons. The zero-order valence-electron chi connectivity index (χ0n) is 20.3. The van der Waals surface area contributed by atoms with E-state index in [1.807, 2.05) is 3.33 Å². The molecule has 0 heterocycles. The Kier molecular flexibility index (Phi) is 10.8. The summed E-state index contributed by atoms with van der Waals surface area (Å²) in [5.41, 5.74) is 4.74. The maximum atomic E-state index is 2.57. The van der Waals surface area contributed by atoms with E-state index in [9.17, 15) is 0 Å². The van der Waals surface area contributed by atoms with E-state index >= 15 is 0 Å². The fourth-order valence-corrected chi connectivity index (χ4v) is 15.8. The number of hydrogen-bond acceptors (Lipinski definition) is 0. The zero-order chi connectivity index (χ0) is 22.6. The summed E-state index contributed by atoms with van der Waals surface area (Å²) in [6, 6.07) is 31.7. The topological polar surface area (TPSA) is 0 Å². The van der Waals surface area contributed by atoms with Crippen LogP contribution in [0.2, 0.25) is 0 Å². The summed E-state index contributed by atoms with van der Waals surface area (Å²) in [4.78, 5) is 0. The first kappa shape index (κ1) is 28.3. The van der Waals surface area contributed by atoms with Crippen LogP contribution in [0, 0.1) is 5.92 Å². The first-order valence-electron chi connectivity index (χ1n) is 12.1. The van der Waals surface area contributed by atoms with Gasteiger partial charge in [0.15, 0.2) is 0 Å². The Balaban J connectivity index is 0.00000171. The molecule has 0 saturated heterocycles. The molecule has 0 nitrogen and oxygen atoms in total. The molecular weight excluding hydrogens is 653 g/mol. The first-order chi connectivity index (χ1) is 16.3. The van der Waals surface area contributed by atoms with Crippen LogP contribution in [-0.2, 0) is 22.9 Å². The summed E-state index contributed by atoms with van der Waals surface area (Å²) >= 11 is -1.14. The van der Waals surface area contributed by atoms with Gasteiger partial charge >= 0.3 is 213 Å². The molecule has 3 aromatic carbocycles. The van der Waals surface area contributed by atoms with E-state index in [0.717, 1.165) is 0 Å². The molecule has 2 aliphatic carbocycles. The van der Waals surface area contributed by atoms with Crippen molar-refractivity contribution in [2.24, 2.45) is 5.92 Å². The van der Waals surface area contributed by atoms with Crippen LogP contribution in [0.3, 0.4) is 0 Å². The average molecular weight is 684 g/mol. The van der Waals surface area contributed by atoms with E-state index in [-0.39, 0.29) is 24.8 Å². The van der Waals surface area contributed by atoms with Crippen molar-refractivity contribution in [1.82, 2.24) is 0 Å². The third-order valence-corrected chi connectivity index (χ3v) is 16.4. The predicted molar refractivity (Wildman–Crippen MR) is 141 cm³/mol. The molecule has 0 spiro atoms. The molecule has 0 N–H and O–H groups in total. The van der Waals surface area contributed by atoms with Crippen LogP contribution in [0.4, 0.5) is 0 Å². The second-order valence-electron chi connectivity index (χ2n) is 9.01. The standard InChI is InChI=1S/C21H16P.C10H15.2ClH.Hf/c1-3-11-19(12-4-1)22(20-13-5-2-6-14-20)21-15-17-9-7-8-10-18(17)16-21;1-3-6-9(2)10-7-4-5-8-10;;;/h1-16H;4,7,9H,3,5-6H2,1-2H3;2*1H;/q;;;;+2/p-2. The Morgan fingerprint density at radius 2 is 1.46 bits per heavy atom. The van der Waals surface area contributed by atoms with Crippen LogP contribution in [0.15, 0.2) is 111 Å². The van der Waals surface area contributed by atoms with E-state index in [2.05, 4.69) is 117 Å². The van der Waals surface area contributed by atoms with Crippen molar-refractivity contribution in [2.45, 2.75) is 36.8 Å². The first-order valence-corrected chi connectivity index (χ1v) is 17.3. The van der Waals surface area contributed by atoms with Crippen molar-refractivity contribution < 1.29 is 47.7 Å². The van der Waals surface area contributed by atoms with Gasteiger partial charge in [-0.2, -0.15) is 0 Å². The van der Waals surface area contributed by atoms with Crippen molar-refractivity contribution in [3.63, 3.8) is 0 Å². The molecule has 0 bridgehead atoms. The fraction of sp³-hybridized carbons (Fsp3) is 0.226. The van der Waals surface area contributed by atoms with E-state index in [1.54, 1.807) is 16.5 Å². The molecule has 0 saturated carbocycles. The van der Waals surface area contributed by atoms with Crippen LogP contribution >= 0.6 is 7.92 Å². The largest absolute Gasteiger partial charge is 1.00 e. The molecular formula is C31H31Cl2HfP. The second-order valence-corrected chi connectivity index (χ2v) is 16.5. The number of rotatable bonds is 8. The average Bonchev–Trinajstić information content (AvgIpc) is 3.46. The molecule has 0 radical (unpaired) electrons. The Hall–Kier alpha value is -1.24. The maximum absolute atomic E-state index is 2.57. The van der Waals surface area contributed by atoms with Crippen molar-refractivity contribution in [1.29, 1.82) is 0 Å². The molecule has 0 aromatic heterocycles. The fourth-order valence-electron chi connectivity index (χ4n) is 5.14. The number of halogens is 2. The van der Waals surface area contributed by atoms with Crippen LogP contribution in [0.5, 0.6) is 0 Å². The van der Waals surface area contributed by atoms with Gasteiger partial charge in [0, 0.05) is 0 Å². The van der Waals surface area contributed by atoms with Gasteiger partial charge in [-0.3, -0.25) is 0 Å². The van der Waals surface area contributed by atoms with Crippen LogP contribution in [0.1, 0.15) is 47.9 Å². The van der Waals surface area contributed by atoms with Gasteiger partial charge in [0.25, 0.3) is 0 Å². The number of allylic oxidation sites excluding steroid dienone is 5. The summed E-state index contributed by atoms with van der Waals surface area (Å²) < 4.78 is 2.49. The predicted octanol–water partition coefficient (Wildman–Crippen LogP) is 1.96. The smallest absolute Gasteiger partial charge is 1.00 e. The van der Waals surface area contributed by atoms with Gasteiger partial charge in [-0.1, -0.05) is 0 Å². The Bertz CT molecular complexity index is 1160. The molecule has 35 heavy (non-hydrogen) atoms. The minimum Gasteiger partial charge on any atom is -1.00 e. The quantitative estimate of drug-likeness (QED) is 0.252. The van der Waals surface area contributed by atoms with Gasteiger partial charge in [0.1, 0.15) is 0 Å². The van der Waals surface area contributed by atoms with E-state index in [4.69, 9.17) is 0 Å². The Labute approximate surface area is 235 Å². The van der Waals surface area contributed by atoms with Gasteiger partial charge < -0.3 is 24.8 Å². The number of benzene rings is 3. The van der Waals surface area contributed by atoms with Gasteiger partial charge in [0.2, 0.25) is 0 Å². The van der Waals surface area contributed by atoms with Crippen molar-refractivity contribution in [3.8, 4) is 0 Å². The summed E-state index contributed by atoms with van der Waals surface area (Å²) in [5, 5.41) is 4.64. The SMILES string of the molecule is CCCC(C)C1=[C]([Hf+2][CH]2C(P(c3ccccc3)c3ccccc3)=Cc3ccccc32)CC=C1.[Cl-].[Cl-]. The van der Waals surface area contributed by atoms with Crippen molar-refractivity contribution >= 4 is 24.6 Å². The van der Waals surface area contributed by atoms with E-state index in [1.165, 1.54) is 35.4 Å². The molecule has 4 heteroatoms. The van der Waals surface area contributed by atoms with Crippen molar-refractivity contribution in [2.75, 3.05) is 0 Å². The van der Waals surface area contributed by atoms with Crippen LogP contribution in [0.25, 0.3) is 6.08 Å². The molecule has 0 amide bonds. The Morgan fingerprint density at radius 1 is 0.857 bits per heavy atom. The van der Waals surface area contributed by atoms with Gasteiger partial charge in [-0.25, -0.2) is 0 Å². The molecule has 0 fully saturated rings. The third kappa shape index (κ3) is 6.19. The maximum Gasteiger partial charge on any atom is -1.00 e. The van der Waals surface area contributed by atoms with Crippen LogP contribution < -0.4 is 35.4 Å². The molecule has 2 atom stereocenters. The third-order valence-electron chi connectivity index (χ3n) is 6.73. The van der Waals surface area contributed by atoms with E-state index in [0.29, 0.717) is 9.59 Å². The summed E-state index contributed by atoms with van der Waals surface area (Å²) in [5.74, 6) is 0.699. The van der Waals surface area contributed by atoms with Gasteiger partial charge in [-0.05, 0) is 0 Å². The molecule has 0 aliphatic heterocycles. The summed E-state index contributed by atoms with van der Waals surface area (Å²) in [7, 11) is -0.527. The second kappa shape index (κ2) is 13.3. The molecule has 2 unspecified atom stereocenters. The van der Waals surface area contributed by atoms with Gasteiger partial charge in [0.05, 0.1) is 0 Å². The van der Waals surface area contributed by atoms with Gasteiger partial charge in [-0.15, -0.1) is 0 Å². The van der Waals surface area contributed by atoms with Crippen molar-refractivity contribution in [3.05, 3.63) is 122 Å². The summed E-state index contributed by atoms with van der Waals surface area (Å²) in [6.45, 7) is 4.76. The molecule has 2 aliphatic rings. The molecule has 5 rings (SSSR count). The minimum absolute atomic E-state index is 0. The normalized spacial score (nSPS) is 16.8. The van der Waals surface area contributed by atoms with Crippen LogP contribution in [-0.4, -0.2) is 0 Å².